The molecule has 0 spiro atoms. The van der Waals surface area contributed by atoms with Crippen molar-refractivity contribution in [2.45, 2.75) is 122 Å². The van der Waals surface area contributed by atoms with E-state index >= 15 is 0 Å². The van der Waals surface area contributed by atoms with Crippen LogP contribution in [0.15, 0.2) is 48.5 Å². The van der Waals surface area contributed by atoms with Crippen LogP contribution in [0.5, 0.6) is 0 Å². The molecule has 0 saturated heterocycles. The van der Waals surface area contributed by atoms with Gasteiger partial charge < -0.3 is 10.4 Å². The zero-order valence-corrected chi connectivity index (χ0v) is 25.5. The van der Waals surface area contributed by atoms with Gasteiger partial charge in [-0.2, -0.15) is 0 Å². The van der Waals surface area contributed by atoms with E-state index in [1.807, 2.05) is 6.07 Å². The van der Waals surface area contributed by atoms with Crippen molar-refractivity contribution in [1.29, 1.82) is 0 Å². The lowest BCUT2D eigenvalue weighted by Gasteiger charge is -2.13. The van der Waals surface area contributed by atoms with Crippen molar-refractivity contribution in [2.75, 3.05) is 11.3 Å². The summed E-state index contributed by atoms with van der Waals surface area (Å²) in [5, 5.41) is 12.6. The van der Waals surface area contributed by atoms with Crippen LogP contribution in [0.2, 0.25) is 0 Å². The van der Waals surface area contributed by atoms with E-state index in [9.17, 15) is 18.3 Å². The highest BCUT2D eigenvalue weighted by atomic mass is 32.2. The van der Waals surface area contributed by atoms with Gasteiger partial charge in [0.1, 0.15) is 0 Å². The number of amides is 1. The minimum absolute atomic E-state index is 0.186. The summed E-state index contributed by atoms with van der Waals surface area (Å²) >= 11 is 0. The zero-order chi connectivity index (χ0) is 28.9. The van der Waals surface area contributed by atoms with Crippen LogP contribution in [-0.4, -0.2) is 26.0 Å². The molecule has 1 amide bonds. The number of sulfonamides is 1. The van der Waals surface area contributed by atoms with Gasteiger partial charge in [0.05, 0.1) is 18.0 Å². The number of rotatable bonds is 23. The van der Waals surface area contributed by atoms with Gasteiger partial charge in [0, 0.05) is 17.7 Å². The number of aliphatic hydroxyl groups excluding tert-OH is 1. The van der Waals surface area contributed by atoms with Gasteiger partial charge in [-0.25, -0.2) is 8.42 Å². The topological polar surface area (TPSA) is 95.5 Å². The number of aliphatic hydroxyl groups is 1. The Balaban J connectivity index is 1.58. The second kappa shape index (κ2) is 20.5. The van der Waals surface area contributed by atoms with Crippen LogP contribution in [0.25, 0.3) is 0 Å². The van der Waals surface area contributed by atoms with Crippen LogP contribution < -0.4 is 10.0 Å². The molecule has 40 heavy (non-hydrogen) atoms. The summed E-state index contributed by atoms with van der Waals surface area (Å²) in [6.07, 6.45) is 20.9. The summed E-state index contributed by atoms with van der Waals surface area (Å²) in [5.41, 5.74) is 1.68. The first-order valence-corrected chi connectivity index (χ1v) is 17.2. The van der Waals surface area contributed by atoms with Crippen molar-refractivity contribution < 1.29 is 18.3 Å². The van der Waals surface area contributed by atoms with Crippen molar-refractivity contribution >= 4 is 21.6 Å². The quantitative estimate of drug-likeness (QED) is 0.117. The normalized spacial score (nSPS) is 11.4. The molecule has 224 valence electrons. The van der Waals surface area contributed by atoms with Gasteiger partial charge in [0.25, 0.3) is 5.91 Å². The third kappa shape index (κ3) is 14.8. The Bertz CT molecular complexity index is 1060. The van der Waals surface area contributed by atoms with Crippen LogP contribution >= 0.6 is 0 Å². The van der Waals surface area contributed by atoms with E-state index in [1.54, 1.807) is 36.4 Å². The number of carbonyl (C=O) groups excluding carboxylic acids is 1. The Morgan fingerprint density at radius 3 is 1.77 bits per heavy atom. The van der Waals surface area contributed by atoms with Crippen LogP contribution in [0.1, 0.15) is 131 Å². The molecule has 0 aliphatic carbocycles. The Morgan fingerprint density at radius 1 is 0.725 bits per heavy atom. The second-order valence-electron chi connectivity index (χ2n) is 10.9. The van der Waals surface area contributed by atoms with E-state index in [4.69, 9.17) is 0 Å². The second-order valence-corrected chi connectivity index (χ2v) is 12.7. The summed E-state index contributed by atoms with van der Waals surface area (Å²) in [7, 11) is -3.70. The van der Waals surface area contributed by atoms with Crippen molar-refractivity contribution in [1.82, 2.24) is 5.32 Å². The van der Waals surface area contributed by atoms with Crippen LogP contribution in [0.4, 0.5) is 5.69 Å². The first kappa shape index (κ1) is 33.8. The molecule has 0 aliphatic rings. The lowest BCUT2D eigenvalue weighted by atomic mass is 10.0. The molecule has 0 aromatic heterocycles. The third-order valence-electron chi connectivity index (χ3n) is 7.32. The van der Waals surface area contributed by atoms with Gasteiger partial charge in [-0.15, -0.1) is 0 Å². The number of nitrogens with one attached hydrogen (secondary N) is 2. The predicted octanol–water partition coefficient (Wildman–Crippen LogP) is 8.11. The fourth-order valence-corrected chi connectivity index (χ4v) is 6.15. The van der Waals surface area contributed by atoms with Crippen molar-refractivity contribution in [3.8, 4) is 0 Å². The molecule has 0 atom stereocenters. The molecule has 7 heteroatoms. The fraction of sp³-hybridized carbons (Fsp3) is 0.606. The average Bonchev–Trinajstić information content (AvgIpc) is 2.94. The molecule has 3 N–H and O–H groups in total. The van der Waals surface area contributed by atoms with Gasteiger partial charge >= 0.3 is 0 Å². The van der Waals surface area contributed by atoms with Gasteiger partial charge in [-0.1, -0.05) is 140 Å². The monoisotopic (exact) mass is 572 g/mol. The molecule has 2 aromatic carbocycles. The van der Waals surface area contributed by atoms with Crippen LogP contribution in [-0.2, 0) is 22.4 Å². The van der Waals surface area contributed by atoms with Crippen molar-refractivity contribution in [3.63, 3.8) is 0 Å². The van der Waals surface area contributed by atoms with Crippen LogP contribution in [0, 0.1) is 0 Å². The van der Waals surface area contributed by atoms with Crippen LogP contribution in [0.3, 0.4) is 0 Å². The highest BCUT2D eigenvalue weighted by Crippen LogP contribution is 2.21. The van der Waals surface area contributed by atoms with Gasteiger partial charge in [-0.05, 0) is 24.1 Å². The van der Waals surface area contributed by atoms with Gasteiger partial charge in [0.15, 0.2) is 0 Å². The molecule has 2 rings (SSSR count). The zero-order valence-electron chi connectivity index (χ0n) is 24.6. The number of benzene rings is 2. The Labute approximate surface area is 243 Å². The highest BCUT2D eigenvalue weighted by molar-refractivity contribution is 7.91. The summed E-state index contributed by atoms with van der Waals surface area (Å²) in [6.45, 7) is 2.53. The lowest BCUT2D eigenvalue weighted by molar-refractivity contribution is 0.0953. The molecule has 0 unspecified atom stereocenters. The smallest absolute Gasteiger partial charge is 0.251 e. The third-order valence-corrected chi connectivity index (χ3v) is 8.57. The van der Waals surface area contributed by atoms with E-state index in [-0.39, 0.29) is 24.0 Å². The molecule has 0 saturated carbocycles. The number of carbonyl (C=O) groups is 1. The molecule has 0 heterocycles. The Morgan fingerprint density at radius 2 is 1.25 bits per heavy atom. The standard InChI is InChI=1S/C33H52N2O4S/c1-2-3-4-5-6-7-8-9-10-11-12-13-14-15-16-20-25-34-33(37)30-23-24-31(27-36)32(26-30)35-40(38,39)28-29-21-18-17-19-22-29/h17-19,21-24,26,35-36H,2-16,20,25,27-28H2,1H3,(H,34,37). The molecule has 6 nitrogen and oxygen atoms in total. The molecule has 0 radical (unpaired) electrons. The molecule has 0 fully saturated rings. The molecule has 0 aliphatic heterocycles. The lowest BCUT2D eigenvalue weighted by Crippen LogP contribution is -2.25. The SMILES string of the molecule is CCCCCCCCCCCCCCCCCCNC(=O)c1ccc(CO)c(NS(=O)(=O)Cc2ccccc2)c1. The average molecular weight is 573 g/mol. The fourth-order valence-electron chi connectivity index (χ4n) is 4.92. The minimum Gasteiger partial charge on any atom is -0.392 e. The molecule has 0 bridgehead atoms. The van der Waals surface area contributed by atoms with E-state index in [1.165, 1.54) is 96.0 Å². The number of hydrogen-bond acceptors (Lipinski definition) is 4. The van der Waals surface area contributed by atoms with Gasteiger partial charge in [-0.3, -0.25) is 9.52 Å². The van der Waals surface area contributed by atoms with E-state index in [2.05, 4.69) is 17.0 Å². The van der Waals surface area contributed by atoms with E-state index < -0.39 is 10.0 Å². The van der Waals surface area contributed by atoms with Gasteiger partial charge in [0.2, 0.25) is 10.0 Å². The largest absolute Gasteiger partial charge is 0.392 e. The maximum absolute atomic E-state index is 12.7. The number of unbranched alkanes of at least 4 members (excludes halogenated alkanes) is 15. The summed E-state index contributed by atoms with van der Waals surface area (Å²) in [5.74, 6) is -0.428. The van der Waals surface area contributed by atoms with E-state index in [0.717, 1.165) is 12.8 Å². The predicted molar refractivity (Wildman–Crippen MR) is 167 cm³/mol. The maximum Gasteiger partial charge on any atom is 0.251 e. The maximum atomic E-state index is 12.7. The summed E-state index contributed by atoms with van der Waals surface area (Å²) in [6, 6.07) is 13.6. The Kier molecular flexibility index (Phi) is 17.3. The molecule has 2 aromatic rings. The van der Waals surface area contributed by atoms with Crippen molar-refractivity contribution in [2.24, 2.45) is 0 Å². The minimum atomic E-state index is -3.70. The molecular formula is C33H52N2O4S. The summed E-state index contributed by atoms with van der Waals surface area (Å²) < 4.78 is 27.9. The first-order valence-electron chi connectivity index (χ1n) is 15.5. The first-order chi connectivity index (χ1) is 19.4. The van der Waals surface area contributed by atoms with Crippen molar-refractivity contribution in [3.05, 3.63) is 65.2 Å². The number of anilines is 1. The number of hydrogen-bond donors (Lipinski definition) is 3. The Hall–Kier alpha value is -2.38. The van der Waals surface area contributed by atoms with E-state index in [0.29, 0.717) is 23.2 Å². The summed E-state index contributed by atoms with van der Waals surface area (Å²) in [4.78, 5) is 12.7. The highest BCUT2D eigenvalue weighted by Gasteiger charge is 2.16. The molecular weight excluding hydrogens is 520 g/mol.